The van der Waals surface area contributed by atoms with Gasteiger partial charge < -0.3 is 4.90 Å². The van der Waals surface area contributed by atoms with E-state index in [0.29, 0.717) is 0 Å². The van der Waals surface area contributed by atoms with Gasteiger partial charge in [-0.15, -0.1) is 0 Å². The maximum Gasteiger partial charge on any atom is 0.0503 e. The number of rotatable bonds is 6. The normalized spacial score (nSPS) is 13.2. The molecule has 0 amide bonds. The maximum atomic E-state index is 2.49. The van der Waals surface area contributed by atoms with Gasteiger partial charge in [0.15, 0.2) is 0 Å². The lowest BCUT2D eigenvalue weighted by atomic mass is 9.72. The number of anilines is 3. The number of hydrogen-bond acceptors (Lipinski definition) is 1. The Labute approximate surface area is 279 Å². The molecule has 226 valence electrons. The van der Waals surface area contributed by atoms with Crippen LogP contribution in [-0.2, 0) is 5.41 Å². The van der Waals surface area contributed by atoms with Crippen LogP contribution in [-0.4, -0.2) is 0 Å². The third-order valence-electron chi connectivity index (χ3n) is 9.41. The Balaban J connectivity index is 1.33. The van der Waals surface area contributed by atoms with E-state index in [2.05, 4.69) is 201 Å². The van der Waals surface area contributed by atoms with Crippen LogP contribution in [0.5, 0.6) is 0 Å². The van der Waals surface area contributed by atoms with Crippen molar-refractivity contribution in [1.82, 2.24) is 0 Å². The standard InChI is InChI=1S/C45H36NP/c1-45(2)41-30-35(33-16-7-3-8-17-33)26-28-43(41)46(44-29-27-36(31-42(44)45)34-18-9-4-10-19-34)37-20-15-25-40(32-37)47(38-21-11-5-12-22-38)39-23-13-6-14-24-39/h3-32H,1-2H3. The molecule has 0 fully saturated rings. The summed E-state index contributed by atoms with van der Waals surface area (Å²) in [4.78, 5) is 2.49. The average molecular weight is 622 g/mol. The summed E-state index contributed by atoms with van der Waals surface area (Å²) in [5, 5.41) is 4.04. The molecular weight excluding hydrogens is 585 g/mol. The number of fused-ring (bicyclic) bond motifs is 2. The second-order valence-corrected chi connectivity index (χ2v) is 14.9. The van der Waals surface area contributed by atoms with Crippen LogP contribution in [0.15, 0.2) is 182 Å². The van der Waals surface area contributed by atoms with Gasteiger partial charge in [0.1, 0.15) is 0 Å². The minimum atomic E-state index is -0.734. The lowest BCUT2D eigenvalue weighted by Gasteiger charge is -2.42. The van der Waals surface area contributed by atoms with Gasteiger partial charge in [-0.1, -0.05) is 159 Å². The molecular formula is C45H36NP. The summed E-state index contributed by atoms with van der Waals surface area (Å²) in [5.41, 5.74) is 11.0. The molecule has 7 aromatic carbocycles. The summed E-state index contributed by atoms with van der Waals surface area (Å²) in [6, 6.07) is 66.7. The van der Waals surface area contributed by atoms with Crippen LogP contribution in [0.3, 0.4) is 0 Å². The zero-order valence-electron chi connectivity index (χ0n) is 26.7. The van der Waals surface area contributed by atoms with Gasteiger partial charge in [-0.2, -0.15) is 0 Å². The number of hydrogen-bond donors (Lipinski definition) is 0. The monoisotopic (exact) mass is 621 g/mol. The van der Waals surface area contributed by atoms with E-state index in [-0.39, 0.29) is 5.41 Å². The molecule has 0 atom stereocenters. The number of nitrogens with zero attached hydrogens (tertiary/aromatic N) is 1. The van der Waals surface area contributed by atoms with Gasteiger partial charge in [-0.3, -0.25) is 0 Å². The van der Waals surface area contributed by atoms with Crippen molar-refractivity contribution in [3.05, 3.63) is 193 Å². The topological polar surface area (TPSA) is 3.24 Å². The zero-order valence-corrected chi connectivity index (χ0v) is 27.6. The fourth-order valence-electron chi connectivity index (χ4n) is 7.01. The smallest absolute Gasteiger partial charge is 0.0503 e. The summed E-state index contributed by atoms with van der Waals surface area (Å²) >= 11 is 0. The van der Waals surface area contributed by atoms with E-state index in [1.54, 1.807) is 0 Å². The molecule has 0 saturated heterocycles. The predicted octanol–water partition coefficient (Wildman–Crippen LogP) is 10.9. The van der Waals surface area contributed by atoms with Gasteiger partial charge >= 0.3 is 0 Å². The highest BCUT2D eigenvalue weighted by Crippen LogP contribution is 2.53. The summed E-state index contributed by atoms with van der Waals surface area (Å²) in [5.74, 6) is 0. The first-order chi connectivity index (χ1) is 23.1. The molecule has 0 unspecified atom stereocenters. The first-order valence-corrected chi connectivity index (χ1v) is 17.6. The first-order valence-electron chi connectivity index (χ1n) is 16.3. The van der Waals surface area contributed by atoms with Crippen LogP contribution in [0, 0.1) is 0 Å². The van der Waals surface area contributed by atoms with Crippen molar-refractivity contribution in [2.24, 2.45) is 0 Å². The Morgan fingerprint density at radius 2 is 0.809 bits per heavy atom. The van der Waals surface area contributed by atoms with Crippen molar-refractivity contribution in [1.29, 1.82) is 0 Å². The van der Waals surface area contributed by atoms with Crippen molar-refractivity contribution < 1.29 is 0 Å². The van der Waals surface area contributed by atoms with Gasteiger partial charge in [0, 0.05) is 11.1 Å². The third-order valence-corrected chi connectivity index (χ3v) is 11.8. The van der Waals surface area contributed by atoms with E-state index < -0.39 is 7.92 Å². The fraction of sp³-hybridized carbons (Fsp3) is 0.0667. The van der Waals surface area contributed by atoms with Crippen molar-refractivity contribution in [2.45, 2.75) is 19.3 Å². The van der Waals surface area contributed by atoms with Crippen LogP contribution in [0.4, 0.5) is 17.1 Å². The molecule has 0 aromatic heterocycles. The summed E-state index contributed by atoms with van der Waals surface area (Å²) < 4.78 is 0. The Hall–Kier alpha value is -5.23. The van der Waals surface area contributed by atoms with E-state index in [1.807, 2.05) is 0 Å². The van der Waals surface area contributed by atoms with Gasteiger partial charge in [0.2, 0.25) is 0 Å². The molecule has 0 bridgehead atoms. The van der Waals surface area contributed by atoms with Crippen molar-refractivity contribution in [3.63, 3.8) is 0 Å². The summed E-state index contributed by atoms with van der Waals surface area (Å²) in [6.45, 7) is 4.76. The summed E-state index contributed by atoms with van der Waals surface area (Å²) in [7, 11) is -0.734. The van der Waals surface area contributed by atoms with Crippen molar-refractivity contribution in [2.75, 3.05) is 4.90 Å². The molecule has 1 aliphatic rings. The highest BCUT2D eigenvalue weighted by Gasteiger charge is 2.37. The van der Waals surface area contributed by atoms with Crippen LogP contribution in [0.25, 0.3) is 22.3 Å². The quantitative estimate of drug-likeness (QED) is 0.167. The Kier molecular flexibility index (Phi) is 7.56. The molecule has 0 N–H and O–H groups in total. The summed E-state index contributed by atoms with van der Waals surface area (Å²) in [6.07, 6.45) is 0. The number of benzene rings is 7. The van der Waals surface area contributed by atoms with Gasteiger partial charge in [0.25, 0.3) is 0 Å². The second-order valence-electron chi connectivity index (χ2n) is 12.7. The molecule has 7 aromatic rings. The zero-order chi connectivity index (χ0) is 31.8. The lowest BCUT2D eigenvalue weighted by molar-refractivity contribution is 0.632. The molecule has 47 heavy (non-hydrogen) atoms. The minimum absolute atomic E-state index is 0.213. The van der Waals surface area contributed by atoms with E-state index in [1.165, 1.54) is 66.4 Å². The predicted molar refractivity (Wildman–Crippen MR) is 203 cm³/mol. The highest BCUT2D eigenvalue weighted by atomic mass is 31.1. The van der Waals surface area contributed by atoms with E-state index in [0.717, 1.165) is 0 Å². The Morgan fingerprint density at radius 1 is 0.383 bits per heavy atom. The molecule has 1 heterocycles. The lowest BCUT2D eigenvalue weighted by Crippen LogP contribution is -2.31. The van der Waals surface area contributed by atoms with Crippen LogP contribution >= 0.6 is 7.92 Å². The molecule has 0 saturated carbocycles. The molecule has 8 rings (SSSR count). The van der Waals surface area contributed by atoms with Crippen LogP contribution in [0.2, 0.25) is 0 Å². The van der Waals surface area contributed by atoms with Gasteiger partial charge in [-0.25, -0.2) is 0 Å². The molecule has 0 spiro atoms. The Bertz CT molecular complexity index is 2020. The van der Waals surface area contributed by atoms with Crippen LogP contribution < -0.4 is 20.8 Å². The van der Waals surface area contributed by atoms with Gasteiger partial charge in [0.05, 0.1) is 11.4 Å². The molecule has 1 nitrogen and oxygen atoms in total. The van der Waals surface area contributed by atoms with E-state index in [4.69, 9.17) is 0 Å². The molecule has 2 heteroatoms. The first kappa shape index (κ1) is 29.2. The van der Waals surface area contributed by atoms with E-state index in [9.17, 15) is 0 Å². The largest absolute Gasteiger partial charge is 0.310 e. The van der Waals surface area contributed by atoms with Gasteiger partial charge in [-0.05, 0) is 93.6 Å². The molecule has 0 radical (unpaired) electrons. The van der Waals surface area contributed by atoms with Crippen molar-refractivity contribution >= 4 is 40.9 Å². The molecule has 0 aliphatic carbocycles. The van der Waals surface area contributed by atoms with Crippen molar-refractivity contribution in [3.8, 4) is 22.3 Å². The molecule has 1 aliphatic heterocycles. The fourth-order valence-corrected chi connectivity index (χ4v) is 9.34. The highest BCUT2D eigenvalue weighted by molar-refractivity contribution is 7.79. The minimum Gasteiger partial charge on any atom is -0.310 e. The maximum absolute atomic E-state index is 2.49. The second kappa shape index (κ2) is 12.2. The SMILES string of the molecule is CC1(C)c2cc(-c3ccccc3)ccc2N(c2cccc(P(c3ccccc3)c3ccccc3)c2)c2ccc(-c3ccccc3)cc21. The van der Waals surface area contributed by atoms with Crippen LogP contribution in [0.1, 0.15) is 25.0 Å². The Morgan fingerprint density at radius 3 is 1.28 bits per heavy atom. The third kappa shape index (κ3) is 5.38. The van der Waals surface area contributed by atoms with E-state index >= 15 is 0 Å². The average Bonchev–Trinajstić information content (AvgIpc) is 3.13.